The Morgan fingerprint density at radius 1 is 1.02 bits per heavy atom. The third kappa shape index (κ3) is 9.06. The number of amides is 4. The van der Waals surface area contributed by atoms with E-state index >= 15 is 0 Å². The average molecular weight is 578 g/mol. The number of nitrogens with two attached hydrogens (primary N) is 1. The van der Waals surface area contributed by atoms with Gasteiger partial charge in [0.05, 0.1) is 5.54 Å². The van der Waals surface area contributed by atoms with Gasteiger partial charge in [-0.3, -0.25) is 9.59 Å². The smallest absolute Gasteiger partial charge is 0.317 e. The van der Waals surface area contributed by atoms with E-state index in [-0.39, 0.29) is 17.8 Å². The molecule has 0 aromatic heterocycles. The number of nitrogens with one attached hydrogen (secondary N) is 2. The number of urea groups is 1. The Kier molecular flexibility index (Phi) is 11.6. The van der Waals surface area contributed by atoms with Gasteiger partial charge in [-0.05, 0) is 57.2 Å². The van der Waals surface area contributed by atoms with Crippen LogP contribution in [0, 0.1) is 5.92 Å². The maximum atomic E-state index is 13.7. The first-order valence-electron chi connectivity index (χ1n) is 14.6. The predicted octanol–water partition coefficient (Wildman–Crippen LogP) is 2.32. The standard InChI is InChI=1S/C29H48ClN7O3/c1-6-32-28(40)35-13-11-24(12-14-35)37(20-21(2)3)36-17-15-34(16-18-36)26(38)25(33-27(39)29(4,5)31)19-22-7-9-23(30)10-8-22/h7-10,21,24-25H,6,11-20,31H2,1-5H3,(H,32,40)(H,33,39)/t25-/m1/s1. The van der Waals surface area contributed by atoms with Crippen LogP contribution in [0.5, 0.6) is 0 Å². The van der Waals surface area contributed by atoms with E-state index in [1.165, 1.54) is 0 Å². The Morgan fingerprint density at radius 3 is 2.15 bits per heavy atom. The van der Waals surface area contributed by atoms with Gasteiger partial charge in [0.1, 0.15) is 6.04 Å². The normalized spacial score (nSPS) is 18.2. The molecule has 2 saturated heterocycles. The van der Waals surface area contributed by atoms with Crippen LogP contribution in [0.25, 0.3) is 0 Å². The summed E-state index contributed by atoms with van der Waals surface area (Å²) in [6.45, 7) is 15.3. The number of piperazine rings is 1. The molecule has 1 aromatic carbocycles. The first-order chi connectivity index (χ1) is 18.9. The average Bonchev–Trinajstić information content (AvgIpc) is 2.92. The number of hydrogen-bond acceptors (Lipinski definition) is 6. The molecule has 2 aliphatic heterocycles. The summed E-state index contributed by atoms with van der Waals surface area (Å²) in [5.41, 5.74) is 5.85. The lowest BCUT2D eigenvalue weighted by atomic mass is 10.0. The molecule has 1 atom stereocenters. The Balaban J connectivity index is 1.65. The fraction of sp³-hybridized carbons (Fsp3) is 0.690. The molecule has 2 fully saturated rings. The lowest BCUT2D eigenvalue weighted by Crippen LogP contribution is -2.62. The van der Waals surface area contributed by atoms with Crippen molar-refractivity contribution in [3.63, 3.8) is 0 Å². The summed E-state index contributed by atoms with van der Waals surface area (Å²) in [5, 5.41) is 11.3. The molecule has 2 aliphatic rings. The Hall–Kier alpha value is -2.40. The minimum Gasteiger partial charge on any atom is -0.342 e. The number of carbonyl (C=O) groups excluding carboxylic acids is 3. The van der Waals surface area contributed by atoms with Gasteiger partial charge in [0.15, 0.2) is 0 Å². The molecule has 0 unspecified atom stereocenters. The topological polar surface area (TPSA) is 114 Å². The van der Waals surface area contributed by atoms with Crippen LogP contribution in [-0.4, -0.2) is 108 Å². The summed E-state index contributed by atoms with van der Waals surface area (Å²) >= 11 is 6.05. The van der Waals surface area contributed by atoms with Crippen LogP contribution in [0.15, 0.2) is 24.3 Å². The van der Waals surface area contributed by atoms with Crippen molar-refractivity contribution in [2.75, 3.05) is 52.4 Å². The highest BCUT2D eigenvalue weighted by Crippen LogP contribution is 2.22. The molecule has 0 saturated carbocycles. The van der Waals surface area contributed by atoms with Gasteiger partial charge < -0.3 is 26.2 Å². The number of benzene rings is 1. The van der Waals surface area contributed by atoms with Crippen molar-refractivity contribution in [3.8, 4) is 0 Å². The maximum absolute atomic E-state index is 13.7. The Bertz CT molecular complexity index is 982. The number of halogens is 1. The largest absolute Gasteiger partial charge is 0.342 e. The SMILES string of the molecule is CCNC(=O)N1CCC(N(CC(C)C)N2CCN(C(=O)[C@@H](Cc3ccc(Cl)cc3)NC(=O)C(C)(C)N)CC2)CC1. The number of hydrogen-bond donors (Lipinski definition) is 3. The van der Waals surface area contributed by atoms with Crippen molar-refractivity contribution in [2.24, 2.45) is 11.7 Å². The lowest BCUT2D eigenvalue weighted by Gasteiger charge is -2.47. The van der Waals surface area contributed by atoms with Crippen LogP contribution < -0.4 is 16.4 Å². The minimum atomic E-state index is -1.10. The quantitative estimate of drug-likeness (QED) is 0.393. The van der Waals surface area contributed by atoms with Crippen molar-refractivity contribution in [1.29, 1.82) is 0 Å². The van der Waals surface area contributed by atoms with E-state index in [0.29, 0.717) is 43.0 Å². The van der Waals surface area contributed by atoms with Crippen molar-refractivity contribution in [1.82, 2.24) is 30.5 Å². The maximum Gasteiger partial charge on any atom is 0.317 e. The van der Waals surface area contributed by atoms with Crippen LogP contribution >= 0.6 is 11.6 Å². The number of carbonyl (C=O) groups is 3. The van der Waals surface area contributed by atoms with Gasteiger partial charge >= 0.3 is 6.03 Å². The van der Waals surface area contributed by atoms with E-state index in [1.807, 2.05) is 28.9 Å². The summed E-state index contributed by atoms with van der Waals surface area (Å²) in [5.74, 6) is 0.0260. The van der Waals surface area contributed by atoms with Gasteiger partial charge in [0, 0.05) is 69.8 Å². The number of piperidine rings is 1. The molecule has 0 radical (unpaired) electrons. The molecular formula is C29H48ClN7O3. The van der Waals surface area contributed by atoms with E-state index in [0.717, 1.165) is 51.1 Å². The minimum absolute atomic E-state index is 0.0155. The summed E-state index contributed by atoms with van der Waals surface area (Å²) in [7, 11) is 0. The zero-order valence-corrected chi connectivity index (χ0v) is 25.5. The van der Waals surface area contributed by atoms with E-state index in [4.69, 9.17) is 17.3 Å². The molecule has 2 heterocycles. The van der Waals surface area contributed by atoms with Gasteiger partial charge in [-0.1, -0.05) is 37.6 Å². The first kappa shape index (κ1) is 32.1. The first-order valence-corrected chi connectivity index (χ1v) is 14.9. The van der Waals surface area contributed by atoms with Crippen LogP contribution in [-0.2, 0) is 16.0 Å². The monoisotopic (exact) mass is 577 g/mol. The molecule has 0 spiro atoms. The molecule has 224 valence electrons. The molecule has 4 amide bonds. The van der Waals surface area contributed by atoms with Gasteiger partial charge in [-0.2, -0.15) is 0 Å². The van der Waals surface area contributed by atoms with Crippen molar-refractivity contribution in [2.45, 2.75) is 71.5 Å². The molecule has 40 heavy (non-hydrogen) atoms. The van der Waals surface area contributed by atoms with E-state index < -0.39 is 11.6 Å². The third-order valence-corrected chi connectivity index (χ3v) is 7.78. The van der Waals surface area contributed by atoms with Gasteiger partial charge in [-0.15, -0.1) is 0 Å². The summed E-state index contributed by atoms with van der Waals surface area (Å²) in [6.07, 6.45) is 2.21. The predicted molar refractivity (Wildman–Crippen MR) is 159 cm³/mol. The molecule has 0 bridgehead atoms. The number of nitrogens with zero attached hydrogens (tertiary/aromatic N) is 4. The third-order valence-electron chi connectivity index (χ3n) is 7.53. The van der Waals surface area contributed by atoms with Crippen LogP contribution in [0.3, 0.4) is 0 Å². The van der Waals surface area contributed by atoms with Crippen LogP contribution in [0.1, 0.15) is 53.0 Å². The number of likely N-dealkylation sites (tertiary alicyclic amines) is 1. The molecule has 3 rings (SSSR count). The zero-order valence-electron chi connectivity index (χ0n) is 24.8. The van der Waals surface area contributed by atoms with Crippen molar-refractivity contribution >= 4 is 29.4 Å². The fourth-order valence-electron chi connectivity index (χ4n) is 5.29. The number of rotatable bonds is 10. The van der Waals surface area contributed by atoms with E-state index in [9.17, 15) is 14.4 Å². The van der Waals surface area contributed by atoms with Crippen LogP contribution in [0.2, 0.25) is 5.02 Å². The van der Waals surface area contributed by atoms with Crippen LogP contribution in [0.4, 0.5) is 4.79 Å². The van der Waals surface area contributed by atoms with Crippen molar-refractivity contribution in [3.05, 3.63) is 34.9 Å². The summed E-state index contributed by atoms with van der Waals surface area (Å²) in [4.78, 5) is 42.5. The number of hydrazine groups is 1. The van der Waals surface area contributed by atoms with E-state index in [1.54, 1.807) is 26.0 Å². The molecule has 11 heteroatoms. The van der Waals surface area contributed by atoms with Crippen molar-refractivity contribution < 1.29 is 14.4 Å². The summed E-state index contributed by atoms with van der Waals surface area (Å²) < 4.78 is 0. The second-order valence-corrected chi connectivity index (χ2v) is 12.4. The fourth-order valence-corrected chi connectivity index (χ4v) is 5.42. The second kappa shape index (κ2) is 14.5. The Morgan fingerprint density at radius 2 is 1.62 bits per heavy atom. The second-order valence-electron chi connectivity index (χ2n) is 11.9. The van der Waals surface area contributed by atoms with Gasteiger partial charge in [0.2, 0.25) is 11.8 Å². The summed E-state index contributed by atoms with van der Waals surface area (Å²) in [6, 6.07) is 6.99. The Labute approximate surface area is 244 Å². The van der Waals surface area contributed by atoms with Gasteiger partial charge in [0.25, 0.3) is 0 Å². The highest BCUT2D eigenvalue weighted by molar-refractivity contribution is 6.30. The van der Waals surface area contributed by atoms with E-state index in [2.05, 4.69) is 34.5 Å². The molecular weight excluding hydrogens is 530 g/mol. The zero-order chi connectivity index (χ0) is 29.4. The molecule has 0 aliphatic carbocycles. The van der Waals surface area contributed by atoms with Gasteiger partial charge in [-0.25, -0.2) is 14.8 Å². The lowest BCUT2D eigenvalue weighted by molar-refractivity contribution is -0.145. The molecule has 1 aromatic rings. The molecule has 10 nitrogen and oxygen atoms in total. The highest BCUT2D eigenvalue weighted by atomic mass is 35.5. The molecule has 4 N–H and O–H groups in total. The highest BCUT2D eigenvalue weighted by Gasteiger charge is 2.35.